The minimum Gasteiger partial charge on any atom is -0.497 e. The van der Waals surface area contributed by atoms with E-state index in [0.717, 1.165) is 11.4 Å². The Morgan fingerprint density at radius 3 is 2.46 bits per heavy atom. The highest BCUT2D eigenvalue weighted by Gasteiger charge is 2.37. The van der Waals surface area contributed by atoms with Crippen LogP contribution in [-0.2, 0) is 11.8 Å². The Labute approximate surface area is 157 Å². The molecule has 7 nitrogen and oxygen atoms in total. The Balaban J connectivity index is 1.80. The van der Waals surface area contributed by atoms with Gasteiger partial charge in [0.15, 0.2) is 5.69 Å². The second kappa shape index (κ2) is 6.99. The van der Waals surface area contributed by atoms with Crippen molar-refractivity contribution in [2.24, 2.45) is 7.05 Å². The molecular weight excluding hydrogens is 356 g/mol. The van der Waals surface area contributed by atoms with Gasteiger partial charge in [0, 0.05) is 25.8 Å². The molecular formula is C18H21ClN4O3. The van der Waals surface area contributed by atoms with Crippen LogP contribution < -0.4 is 9.64 Å². The number of halogens is 1. The molecule has 8 heteroatoms. The standard InChI is InChI=1S/C18H21ClN4O3/c1-11-15(19)16(20-21(11)3)18(25)22-9-10-23(17(24)12(22)2)13-5-7-14(26-4)8-6-13/h5-8,12H,9-10H2,1-4H3. The summed E-state index contributed by atoms with van der Waals surface area (Å²) in [6, 6.07) is 6.68. The molecule has 3 rings (SSSR count). The lowest BCUT2D eigenvalue weighted by Gasteiger charge is -2.38. The largest absolute Gasteiger partial charge is 0.497 e. The van der Waals surface area contributed by atoms with E-state index < -0.39 is 6.04 Å². The Morgan fingerprint density at radius 1 is 1.27 bits per heavy atom. The van der Waals surface area contributed by atoms with Gasteiger partial charge in [-0.25, -0.2) is 0 Å². The molecule has 2 aromatic rings. The van der Waals surface area contributed by atoms with Crippen molar-refractivity contribution in [3.05, 3.63) is 40.7 Å². The van der Waals surface area contributed by atoms with E-state index in [1.165, 1.54) is 4.90 Å². The first kappa shape index (κ1) is 18.3. The number of aryl methyl sites for hydroxylation is 1. The summed E-state index contributed by atoms with van der Waals surface area (Å²) in [5, 5.41) is 4.52. The van der Waals surface area contributed by atoms with Gasteiger partial charge in [-0.3, -0.25) is 14.3 Å². The lowest BCUT2D eigenvalue weighted by Crippen LogP contribution is -2.57. The molecule has 1 atom stereocenters. The van der Waals surface area contributed by atoms with Gasteiger partial charge >= 0.3 is 0 Å². The zero-order valence-electron chi connectivity index (χ0n) is 15.2. The number of amides is 2. The third-order valence-corrected chi connectivity index (χ3v) is 5.22. The lowest BCUT2D eigenvalue weighted by atomic mass is 10.1. The van der Waals surface area contributed by atoms with Crippen LogP contribution in [0.3, 0.4) is 0 Å². The summed E-state index contributed by atoms with van der Waals surface area (Å²) < 4.78 is 6.71. The van der Waals surface area contributed by atoms with Gasteiger partial charge in [-0.2, -0.15) is 5.10 Å². The molecule has 1 aliphatic rings. The van der Waals surface area contributed by atoms with E-state index >= 15 is 0 Å². The van der Waals surface area contributed by atoms with Crippen molar-refractivity contribution in [2.75, 3.05) is 25.1 Å². The maximum absolute atomic E-state index is 12.8. The second-order valence-corrected chi connectivity index (χ2v) is 6.61. The summed E-state index contributed by atoms with van der Waals surface area (Å²) >= 11 is 6.23. The number of nitrogens with zero attached hydrogens (tertiary/aromatic N) is 4. The van der Waals surface area contributed by atoms with E-state index in [2.05, 4.69) is 5.10 Å². The maximum Gasteiger partial charge on any atom is 0.276 e. The maximum atomic E-state index is 12.8. The number of benzene rings is 1. The van der Waals surface area contributed by atoms with Gasteiger partial charge in [0.25, 0.3) is 5.91 Å². The number of ether oxygens (including phenoxy) is 1. The molecule has 1 saturated heterocycles. The van der Waals surface area contributed by atoms with Crippen molar-refractivity contribution >= 4 is 29.1 Å². The van der Waals surface area contributed by atoms with Crippen LogP contribution in [0.2, 0.25) is 5.02 Å². The monoisotopic (exact) mass is 376 g/mol. The summed E-state index contributed by atoms with van der Waals surface area (Å²) in [6.07, 6.45) is 0. The van der Waals surface area contributed by atoms with E-state index in [1.807, 2.05) is 12.1 Å². The second-order valence-electron chi connectivity index (χ2n) is 6.23. The number of rotatable bonds is 3. The van der Waals surface area contributed by atoms with Crippen LogP contribution in [0.1, 0.15) is 23.1 Å². The molecule has 2 amide bonds. The Bertz CT molecular complexity index is 847. The van der Waals surface area contributed by atoms with E-state index in [1.54, 1.807) is 49.7 Å². The van der Waals surface area contributed by atoms with Gasteiger partial charge in [0.2, 0.25) is 5.91 Å². The average Bonchev–Trinajstić information content (AvgIpc) is 2.91. The number of piperazine rings is 1. The Morgan fingerprint density at radius 2 is 1.92 bits per heavy atom. The van der Waals surface area contributed by atoms with Crippen molar-refractivity contribution in [2.45, 2.75) is 19.9 Å². The van der Waals surface area contributed by atoms with E-state index in [0.29, 0.717) is 23.8 Å². The zero-order chi connectivity index (χ0) is 19.0. The van der Waals surface area contributed by atoms with Crippen molar-refractivity contribution < 1.29 is 14.3 Å². The third-order valence-electron chi connectivity index (χ3n) is 4.76. The van der Waals surface area contributed by atoms with Gasteiger partial charge in [0.05, 0.1) is 17.8 Å². The Kier molecular flexibility index (Phi) is 4.91. The SMILES string of the molecule is COc1ccc(N2CCN(C(=O)c3nn(C)c(C)c3Cl)C(C)C2=O)cc1. The van der Waals surface area contributed by atoms with Gasteiger partial charge in [-0.1, -0.05) is 11.6 Å². The summed E-state index contributed by atoms with van der Waals surface area (Å²) in [5.41, 5.74) is 1.68. The van der Waals surface area contributed by atoms with Crippen LogP contribution in [-0.4, -0.2) is 52.7 Å². The average molecular weight is 377 g/mol. The number of hydrogen-bond acceptors (Lipinski definition) is 4. The molecule has 2 heterocycles. The van der Waals surface area contributed by atoms with Gasteiger partial charge in [-0.05, 0) is 38.1 Å². The molecule has 1 unspecified atom stereocenters. The highest BCUT2D eigenvalue weighted by Crippen LogP contribution is 2.26. The van der Waals surface area contributed by atoms with Crippen molar-refractivity contribution in [1.29, 1.82) is 0 Å². The summed E-state index contributed by atoms with van der Waals surface area (Å²) in [7, 11) is 3.32. The van der Waals surface area contributed by atoms with Crippen LogP contribution in [0.4, 0.5) is 5.69 Å². The van der Waals surface area contributed by atoms with Crippen LogP contribution in [0.15, 0.2) is 24.3 Å². The number of aromatic nitrogens is 2. The number of carbonyl (C=O) groups excluding carboxylic acids is 2. The number of hydrogen-bond donors (Lipinski definition) is 0. The summed E-state index contributed by atoms with van der Waals surface area (Å²) in [4.78, 5) is 28.9. The lowest BCUT2D eigenvalue weighted by molar-refractivity contribution is -0.124. The fraction of sp³-hybridized carbons (Fsp3) is 0.389. The van der Waals surface area contributed by atoms with Crippen LogP contribution >= 0.6 is 11.6 Å². The normalized spacial score (nSPS) is 17.6. The molecule has 138 valence electrons. The molecule has 1 fully saturated rings. The minimum atomic E-state index is -0.600. The van der Waals surface area contributed by atoms with Gasteiger partial charge in [-0.15, -0.1) is 0 Å². The smallest absolute Gasteiger partial charge is 0.276 e. The topological polar surface area (TPSA) is 67.7 Å². The molecule has 1 aromatic carbocycles. The number of carbonyl (C=O) groups is 2. The Hall–Kier alpha value is -2.54. The zero-order valence-corrected chi connectivity index (χ0v) is 15.9. The first-order valence-electron chi connectivity index (χ1n) is 8.30. The van der Waals surface area contributed by atoms with E-state index in [-0.39, 0.29) is 17.5 Å². The molecule has 1 aromatic heterocycles. The number of anilines is 1. The fourth-order valence-corrected chi connectivity index (χ4v) is 3.26. The molecule has 0 spiro atoms. The first-order chi connectivity index (χ1) is 12.3. The van der Waals surface area contributed by atoms with Crippen molar-refractivity contribution in [1.82, 2.24) is 14.7 Å². The van der Waals surface area contributed by atoms with E-state index in [4.69, 9.17) is 16.3 Å². The predicted octanol–water partition coefficient (Wildman–Crippen LogP) is 2.27. The number of methoxy groups -OCH3 is 1. The quantitative estimate of drug-likeness (QED) is 0.824. The molecule has 1 aliphatic heterocycles. The molecule has 26 heavy (non-hydrogen) atoms. The molecule has 0 aliphatic carbocycles. The third kappa shape index (κ3) is 3.03. The molecule has 0 saturated carbocycles. The highest BCUT2D eigenvalue weighted by molar-refractivity contribution is 6.34. The van der Waals surface area contributed by atoms with Crippen LogP contribution in [0.5, 0.6) is 5.75 Å². The summed E-state index contributed by atoms with van der Waals surface area (Å²) in [5.74, 6) is 0.260. The van der Waals surface area contributed by atoms with E-state index in [9.17, 15) is 9.59 Å². The molecule has 0 N–H and O–H groups in total. The molecule has 0 bridgehead atoms. The summed E-state index contributed by atoms with van der Waals surface area (Å²) in [6.45, 7) is 4.33. The van der Waals surface area contributed by atoms with Gasteiger partial charge < -0.3 is 14.5 Å². The van der Waals surface area contributed by atoms with Crippen LogP contribution in [0.25, 0.3) is 0 Å². The van der Waals surface area contributed by atoms with Crippen LogP contribution in [0, 0.1) is 6.92 Å². The van der Waals surface area contributed by atoms with Gasteiger partial charge in [0.1, 0.15) is 11.8 Å². The fourth-order valence-electron chi connectivity index (χ4n) is 3.02. The van der Waals surface area contributed by atoms with Crippen molar-refractivity contribution in [3.63, 3.8) is 0 Å². The van der Waals surface area contributed by atoms with Crippen molar-refractivity contribution in [3.8, 4) is 5.75 Å². The minimum absolute atomic E-state index is 0.140. The molecule has 0 radical (unpaired) electrons. The highest BCUT2D eigenvalue weighted by atomic mass is 35.5. The first-order valence-corrected chi connectivity index (χ1v) is 8.68. The predicted molar refractivity (Wildman–Crippen MR) is 98.8 cm³/mol.